The van der Waals surface area contributed by atoms with Crippen molar-refractivity contribution in [2.24, 2.45) is 5.92 Å². The first-order valence-corrected chi connectivity index (χ1v) is 6.55. The molecule has 0 spiro atoms. The van der Waals surface area contributed by atoms with E-state index in [4.69, 9.17) is 5.11 Å². The highest BCUT2D eigenvalue weighted by molar-refractivity contribution is 6.14. The largest absolute Gasteiger partial charge is 0.481 e. The Morgan fingerprint density at radius 3 is 2.95 bits per heavy atom. The van der Waals surface area contributed by atoms with E-state index in [0.717, 1.165) is 0 Å². The van der Waals surface area contributed by atoms with E-state index in [9.17, 15) is 14.4 Å². The van der Waals surface area contributed by atoms with E-state index in [1.807, 2.05) is 0 Å². The van der Waals surface area contributed by atoms with Gasteiger partial charge in [0.1, 0.15) is 5.82 Å². The minimum absolute atomic E-state index is 0.230. The van der Waals surface area contributed by atoms with E-state index >= 15 is 0 Å². The number of aliphatic carboxylic acids is 1. The lowest BCUT2D eigenvalue weighted by atomic mass is 9.91. The van der Waals surface area contributed by atoms with Crippen molar-refractivity contribution in [3.05, 3.63) is 41.5 Å². The van der Waals surface area contributed by atoms with Crippen molar-refractivity contribution in [2.45, 2.75) is 6.42 Å². The number of carbonyl (C=O) groups excluding carboxylic acids is 2. The maximum Gasteiger partial charge on any atom is 0.304 e. The molecule has 1 unspecified atom stereocenters. The molecule has 2 aliphatic rings. The summed E-state index contributed by atoms with van der Waals surface area (Å²) in [4.78, 5) is 41.2. The van der Waals surface area contributed by atoms with Crippen LogP contribution in [0.2, 0.25) is 0 Å². The number of hydrogen-bond donors (Lipinski definition) is 2. The summed E-state index contributed by atoms with van der Waals surface area (Å²) < 4.78 is 0. The molecule has 1 fully saturated rings. The van der Waals surface area contributed by atoms with Gasteiger partial charge >= 0.3 is 5.97 Å². The van der Waals surface area contributed by atoms with Gasteiger partial charge in [0.05, 0.1) is 17.9 Å². The summed E-state index contributed by atoms with van der Waals surface area (Å²) in [6.45, 7) is 1.01. The Labute approximate surface area is 120 Å². The van der Waals surface area contributed by atoms with Gasteiger partial charge in [-0.2, -0.15) is 0 Å². The first kappa shape index (κ1) is 13.3. The Bertz CT molecular complexity index is 653. The smallest absolute Gasteiger partial charge is 0.304 e. The SMILES string of the molecule is O=C(O)CC1C(=O)N2CCNC2=C1C(=O)c1cccnc1. The second kappa shape index (κ2) is 5.01. The van der Waals surface area contributed by atoms with E-state index < -0.39 is 11.9 Å². The molecule has 1 aromatic rings. The number of hydrogen-bond acceptors (Lipinski definition) is 5. The number of carbonyl (C=O) groups is 3. The number of carboxylic acid groups (broad SMARTS) is 1. The molecular formula is C14H13N3O4. The Hall–Kier alpha value is -2.70. The van der Waals surface area contributed by atoms with E-state index in [0.29, 0.717) is 24.5 Å². The summed E-state index contributed by atoms with van der Waals surface area (Å²) in [6, 6.07) is 3.23. The number of rotatable bonds is 4. The van der Waals surface area contributed by atoms with Crippen LogP contribution in [0.4, 0.5) is 0 Å². The van der Waals surface area contributed by atoms with E-state index in [-0.39, 0.29) is 23.7 Å². The van der Waals surface area contributed by atoms with Gasteiger partial charge in [0.15, 0.2) is 5.78 Å². The third-order valence-electron chi connectivity index (χ3n) is 3.61. The highest BCUT2D eigenvalue weighted by Gasteiger charge is 2.45. The zero-order valence-corrected chi connectivity index (χ0v) is 11.1. The molecule has 1 amide bonds. The van der Waals surface area contributed by atoms with Crippen LogP contribution in [0.25, 0.3) is 0 Å². The summed E-state index contributed by atoms with van der Waals surface area (Å²) >= 11 is 0. The minimum atomic E-state index is -1.10. The molecule has 0 radical (unpaired) electrons. The molecular weight excluding hydrogens is 274 g/mol. The molecule has 0 bridgehead atoms. The van der Waals surface area contributed by atoms with Crippen LogP contribution in [0, 0.1) is 5.92 Å². The number of carboxylic acids is 1. The topological polar surface area (TPSA) is 99.6 Å². The van der Waals surface area contributed by atoms with Gasteiger partial charge < -0.3 is 10.4 Å². The molecule has 0 saturated carbocycles. The predicted octanol–water partition coefficient (Wildman–Crippen LogP) is 0.0122. The second-order valence-electron chi connectivity index (χ2n) is 4.90. The van der Waals surface area contributed by atoms with Gasteiger partial charge in [-0.15, -0.1) is 0 Å². The summed E-state index contributed by atoms with van der Waals surface area (Å²) in [7, 11) is 0. The molecule has 21 heavy (non-hydrogen) atoms. The molecule has 0 aromatic carbocycles. The van der Waals surface area contributed by atoms with Crippen LogP contribution in [-0.4, -0.2) is 45.7 Å². The predicted molar refractivity (Wildman–Crippen MR) is 71.1 cm³/mol. The van der Waals surface area contributed by atoms with Crippen LogP contribution in [0.1, 0.15) is 16.8 Å². The molecule has 7 heteroatoms. The maximum absolute atomic E-state index is 12.6. The zero-order valence-electron chi connectivity index (χ0n) is 11.1. The number of Topliss-reactive ketones (excluding diaryl/α,β-unsaturated/α-hetero) is 1. The first-order valence-electron chi connectivity index (χ1n) is 6.55. The molecule has 2 N–H and O–H groups in total. The van der Waals surface area contributed by atoms with Gasteiger partial charge in [-0.1, -0.05) is 0 Å². The van der Waals surface area contributed by atoms with Crippen molar-refractivity contribution in [2.75, 3.05) is 13.1 Å². The number of nitrogens with zero attached hydrogens (tertiary/aromatic N) is 2. The van der Waals surface area contributed by atoms with Crippen molar-refractivity contribution < 1.29 is 19.5 Å². The fourth-order valence-electron chi connectivity index (χ4n) is 2.71. The minimum Gasteiger partial charge on any atom is -0.481 e. The monoisotopic (exact) mass is 287 g/mol. The van der Waals surface area contributed by atoms with Gasteiger partial charge in [0.25, 0.3) is 0 Å². The molecule has 1 atom stereocenters. The number of nitrogens with one attached hydrogen (secondary N) is 1. The zero-order chi connectivity index (χ0) is 15.0. The number of amides is 1. The van der Waals surface area contributed by atoms with Crippen LogP contribution in [0.5, 0.6) is 0 Å². The maximum atomic E-state index is 12.6. The van der Waals surface area contributed by atoms with Crippen LogP contribution in [0.3, 0.4) is 0 Å². The highest BCUT2D eigenvalue weighted by atomic mass is 16.4. The number of pyridine rings is 1. The van der Waals surface area contributed by atoms with E-state index in [2.05, 4.69) is 10.3 Å². The molecule has 108 valence electrons. The molecule has 7 nitrogen and oxygen atoms in total. The van der Waals surface area contributed by atoms with Crippen molar-refractivity contribution in [1.82, 2.24) is 15.2 Å². The van der Waals surface area contributed by atoms with Gasteiger partial charge in [-0.05, 0) is 12.1 Å². The average molecular weight is 287 g/mol. The number of aromatic nitrogens is 1. The lowest BCUT2D eigenvalue weighted by Gasteiger charge is -2.11. The summed E-state index contributed by atoms with van der Waals surface area (Å²) in [6.07, 6.45) is 2.57. The van der Waals surface area contributed by atoms with Gasteiger partial charge in [-0.3, -0.25) is 24.3 Å². The fourth-order valence-corrected chi connectivity index (χ4v) is 2.71. The summed E-state index contributed by atoms with van der Waals surface area (Å²) in [5.74, 6) is -2.27. The molecule has 0 aliphatic carbocycles. The highest BCUT2D eigenvalue weighted by Crippen LogP contribution is 2.34. The van der Waals surface area contributed by atoms with E-state index in [1.54, 1.807) is 18.3 Å². The van der Waals surface area contributed by atoms with Crippen LogP contribution >= 0.6 is 0 Å². The Morgan fingerprint density at radius 2 is 2.29 bits per heavy atom. The Balaban J connectivity index is 2.03. The van der Waals surface area contributed by atoms with Crippen molar-refractivity contribution in [3.8, 4) is 0 Å². The number of fused-ring (bicyclic) bond motifs is 1. The van der Waals surface area contributed by atoms with Crippen LogP contribution in [-0.2, 0) is 9.59 Å². The van der Waals surface area contributed by atoms with Gasteiger partial charge in [0.2, 0.25) is 5.91 Å². The average Bonchev–Trinajstić information content (AvgIpc) is 3.03. The van der Waals surface area contributed by atoms with Crippen molar-refractivity contribution in [3.63, 3.8) is 0 Å². The van der Waals surface area contributed by atoms with Crippen LogP contribution in [0.15, 0.2) is 35.9 Å². The lowest BCUT2D eigenvalue weighted by Crippen LogP contribution is -2.29. The standard InChI is InChI=1S/C14H13N3O4/c18-10(19)6-9-11(12(20)8-2-1-3-15-7-8)13-16-4-5-17(13)14(9)21/h1-3,7,9,16H,4-6H2,(H,18,19). The van der Waals surface area contributed by atoms with Crippen molar-refractivity contribution >= 4 is 17.7 Å². The fraction of sp³-hybridized carbons (Fsp3) is 0.286. The second-order valence-corrected chi connectivity index (χ2v) is 4.90. The van der Waals surface area contributed by atoms with Crippen LogP contribution < -0.4 is 5.32 Å². The first-order chi connectivity index (χ1) is 10.1. The van der Waals surface area contributed by atoms with E-state index in [1.165, 1.54) is 11.1 Å². The van der Waals surface area contributed by atoms with Crippen molar-refractivity contribution in [1.29, 1.82) is 0 Å². The normalized spacial score (nSPS) is 20.5. The molecule has 3 heterocycles. The quantitative estimate of drug-likeness (QED) is 0.757. The molecule has 3 rings (SSSR count). The third kappa shape index (κ3) is 2.16. The molecule has 2 aliphatic heterocycles. The summed E-state index contributed by atoms with van der Waals surface area (Å²) in [5.41, 5.74) is 0.576. The Kier molecular flexibility index (Phi) is 3.17. The third-order valence-corrected chi connectivity index (χ3v) is 3.61. The summed E-state index contributed by atoms with van der Waals surface area (Å²) in [5, 5.41) is 12.0. The Morgan fingerprint density at radius 1 is 1.48 bits per heavy atom. The van der Waals surface area contributed by atoms with Gasteiger partial charge in [-0.25, -0.2) is 0 Å². The number of ketones is 1. The lowest BCUT2D eigenvalue weighted by molar-refractivity contribution is -0.141. The molecule has 1 aromatic heterocycles. The van der Waals surface area contributed by atoms with Gasteiger partial charge in [0, 0.05) is 31.0 Å². The molecule has 1 saturated heterocycles.